The van der Waals surface area contributed by atoms with E-state index in [1.165, 1.54) is 0 Å². The highest BCUT2D eigenvalue weighted by Crippen LogP contribution is 2.58. The molecule has 4 atom stereocenters. The lowest BCUT2D eigenvalue weighted by Gasteiger charge is -2.37. The molecule has 4 fully saturated rings. The standard InChI is InChI=1S/C30H38N4O4.C29H36N4O4.3CH4/c1-5-21(35)9-7-6-8-10-24(33-28(36)23-15-30(23)17-34(3)18-30)29-31-16-27(38-29)22-13-20-12-11-19(2)32-25(20)14-26(22)37-4;1-4-20(34)8-6-5-7-9-23(33-27(35)22-14-29(22)16-30-17-29)28-31-15-26(37-28)21-12-19-11-10-18(2)32-24(19)13-25(21)36-3;;;/h11-14,16,23-24H,5-10,15,17-18H2,1-4H3,(H,33,36);10-13,15,22-23,30H,4-9,14,16-17H2,1-3H3,(H,33,35);3*1H4/t23-,24-;22-,23-;;;/m00.../s1. The van der Waals surface area contributed by atoms with Gasteiger partial charge in [-0.15, -0.1) is 0 Å². The zero-order chi connectivity index (χ0) is 52.9. The minimum Gasteiger partial charge on any atom is -0.496 e. The van der Waals surface area contributed by atoms with Gasteiger partial charge in [-0.25, -0.2) is 9.97 Å². The Labute approximate surface area is 462 Å². The fourth-order valence-corrected chi connectivity index (χ4v) is 11.1. The van der Waals surface area contributed by atoms with Gasteiger partial charge < -0.3 is 39.2 Å². The maximum Gasteiger partial charge on any atom is 0.224 e. The first kappa shape index (κ1) is 60.7. The fraction of sp³-hybridized carbons (Fsp3) is 0.548. The molecule has 78 heavy (non-hydrogen) atoms. The lowest BCUT2D eigenvalue weighted by Crippen LogP contribution is -2.48. The van der Waals surface area contributed by atoms with E-state index in [0.29, 0.717) is 84.9 Å². The van der Waals surface area contributed by atoms with Crippen molar-refractivity contribution in [1.82, 2.24) is 40.8 Å². The first-order valence-corrected chi connectivity index (χ1v) is 27.1. The number of rotatable bonds is 24. The van der Waals surface area contributed by atoms with Crippen molar-refractivity contribution in [3.8, 4) is 34.1 Å². The number of likely N-dealkylation sites (tertiary alicyclic amines) is 1. The van der Waals surface area contributed by atoms with E-state index in [-0.39, 0.29) is 68.8 Å². The first-order valence-electron chi connectivity index (χ1n) is 27.1. The highest BCUT2D eigenvalue weighted by atomic mass is 16.5. The summed E-state index contributed by atoms with van der Waals surface area (Å²) in [7, 11) is 5.36. The number of oxazole rings is 2. The lowest BCUT2D eigenvalue weighted by molar-refractivity contribution is -0.125. The number of Topliss-reactive ketones (excluding diaryl/α,β-unsaturated/α-hetero) is 2. The molecule has 16 heteroatoms. The molecule has 0 radical (unpaired) electrons. The molecule has 0 bridgehead atoms. The van der Waals surface area contributed by atoms with Crippen molar-refractivity contribution in [2.45, 2.75) is 152 Å². The Morgan fingerprint density at radius 1 is 0.654 bits per heavy atom. The second-order valence-corrected chi connectivity index (χ2v) is 21.6. The van der Waals surface area contributed by atoms with Crippen LogP contribution in [0.5, 0.6) is 11.5 Å². The summed E-state index contributed by atoms with van der Waals surface area (Å²) in [5, 5.41) is 11.7. The number of pyridine rings is 2. The molecule has 2 spiro atoms. The number of methoxy groups -OCH3 is 2. The summed E-state index contributed by atoms with van der Waals surface area (Å²) in [5.74, 6) is 4.39. The molecule has 0 unspecified atom stereocenters. The number of fused-ring (bicyclic) bond motifs is 2. The summed E-state index contributed by atoms with van der Waals surface area (Å²) < 4.78 is 23.9. The molecular formula is C62H86N8O8. The maximum atomic E-state index is 13.2. The molecule has 3 N–H and O–H groups in total. The summed E-state index contributed by atoms with van der Waals surface area (Å²) in [5.41, 5.74) is 5.51. The second kappa shape index (κ2) is 26.4. The Morgan fingerprint density at radius 2 is 1.09 bits per heavy atom. The summed E-state index contributed by atoms with van der Waals surface area (Å²) >= 11 is 0. The Hall–Kier alpha value is -6.52. The number of hydrogen-bond donors (Lipinski definition) is 3. The number of aromatic nitrogens is 4. The smallest absolute Gasteiger partial charge is 0.224 e. The van der Waals surface area contributed by atoms with Gasteiger partial charge in [0.2, 0.25) is 23.6 Å². The molecule has 16 nitrogen and oxygen atoms in total. The first-order chi connectivity index (χ1) is 36.2. The molecular weight excluding hydrogens is 985 g/mol. The van der Waals surface area contributed by atoms with Crippen LogP contribution in [0.4, 0.5) is 0 Å². The monoisotopic (exact) mass is 1070 g/mol. The number of amides is 2. The number of carbonyl (C=O) groups excluding carboxylic acids is 4. The number of hydrogen-bond acceptors (Lipinski definition) is 14. The van der Waals surface area contributed by atoms with Gasteiger partial charge >= 0.3 is 0 Å². The van der Waals surface area contributed by atoms with Crippen molar-refractivity contribution >= 4 is 45.2 Å². The number of nitrogens with zero attached hydrogens (tertiary/aromatic N) is 5. The van der Waals surface area contributed by atoms with Crippen LogP contribution in [0.25, 0.3) is 44.5 Å². The molecule has 2 saturated carbocycles. The molecule has 4 aliphatic rings. The predicted molar refractivity (Wildman–Crippen MR) is 307 cm³/mol. The SMILES string of the molecule is C.C.C.CCC(=O)CCCCC[C@H](NC(=O)[C@@H]1CC12CN(C)C2)c1ncc(-c2cc3ccc(C)nc3cc2OC)o1.CCC(=O)CCCCC[C@H](NC(=O)[C@@H]1CC12CNC2)c1ncc(-c2cc3ccc(C)nc3cc2OC)o1. The summed E-state index contributed by atoms with van der Waals surface area (Å²) in [6.07, 6.45) is 14.5. The minimum atomic E-state index is -0.315. The van der Waals surface area contributed by atoms with Gasteiger partial charge in [-0.3, -0.25) is 29.1 Å². The normalized spacial score (nSPS) is 17.9. The van der Waals surface area contributed by atoms with Crippen LogP contribution < -0.4 is 25.4 Å². The van der Waals surface area contributed by atoms with E-state index in [0.717, 1.165) is 122 Å². The molecule has 6 heterocycles. The molecule has 2 amide bonds. The number of benzene rings is 2. The number of ketones is 2. The van der Waals surface area contributed by atoms with Gasteiger partial charge in [0.15, 0.2) is 11.5 Å². The molecule has 422 valence electrons. The molecule has 2 aliphatic carbocycles. The third kappa shape index (κ3) is 13.8. The third-order valence-electron chi connectivity index (χ3n) is 15.9. The van der Waals surface area contributed by atoms with E-state index in [1.54, 1.807) is 26.6 Å². The maximum absolute atomic E-state index is 13.2. The predicted octanol–water partition coefficient (Wildman–Crippen LogP) is 12.1. The van der Waals surface area contributed by atoms with Gasteiger partial charge in [-0.1, -0.05) is 73.9 Å². The van der Waals surface area contributed by atoms with Crippen LogP contribution in [0.3, 0.4) is 0 Å². The van der Waals surface area contributed by atoms with E-state index in [9.17, 15) is 19.2 Å². The number of aryl methyl sites for hydroxylation is 2. The van der Waals surface area contributed by atoms with E-state index >= 15 is 0 Å². The van der Waals surface area contributed by atoms with Crippen molar-refractivity contribution in [3.05, 3.63) is 84.1 Å². The lowest BCUT2D eigenvalue weighted by atomic mass is 9.94. The zero-order valence-electron chi connectivity index (χ0n) is 44.8. The Bertz CT molecular complexity index is 3030. The van der Waals surface area contributed by atoms with Gasteiger partial charge in [0, 0.05) is 109 Å². The van der Waals surface area contributed by atoms with Crippen molar-refractivity contribution in [2.24, 2.45) is 22.7 Å². The van der Waals surface area contributed by atoms with Gasteiger partial charge in [-0.05, 0) is 83.7 Å². The Morgan fingerprint density at radius 3 is 1.47 bits per heavy atom. The molecule has 4 aromatic heterocycles. The van der Waals surface area contributed by atoms with Crippen LogP contribution in [-0.2, 0) is 19.2 Å². The summed E-state index contributed by atoms with van der Waals surface area (Å²) in [6.45, 7) is 11.5. The highest BCUT2D eigenvalue weighted by Gasteiger charge is 2.64. The third-order valence-corrected chi connectivity index (χ3v) is 15.9. The topological polar surface area (TPSA) is 204 Å². The van der Waals surface area contributed by atoms with Crippen molar-refractivity contribution in [2.75, 3.05) is 47.4 Å². The van der Waals surface area contributed by atoms with Gasteiger partial charge in [0.1, 0.15) is 35.1 Å². The van der Waals surface area contributed by atoms with Crippen LogP contribution in [0.1, 0.15) is 161 Å². The van der Waals surface area contributed by atoms with Gasteiger partial charge in [0.05, 0.1) is 48.8 Å². The minimum absolute atomic E-state index is 0. The van der Waals surface area contributed by atoms with Crippen LogP contribution in [0, 0.1) is 36.5 Å². The van der Waals surface area contributed by atoms with Crippen LogP contribution in [-0.4, -0.2) is 95.7 Å². The van der Waals surface area contributed by atoms with E-state index in [4.69, 9.17) is 18.3 Å². The number of nitrogens with one attached hydrogen (secondary N) is 3. The summed E-state index contributed by atoms with van der Waals surface area (Å²) in [4.78, 5) is 70.2. The van der Waals surface area contributed by atoms with Gasteiger partial charge in [0.25, 0.3) is 0 Å². The second-order valence-electron chi connectivity index (χ2n) is 21.6. The van der Waals surface area contributed by atoms with Crippen LogP contribution >= 0.6 is 0 Å². The quantitative estimate of drug-likeness (QED) is 0.0483. The van der Waals surface area contributed by atoms with Gasteiger partial charge in [-0.2, -0.15) is 0 Å². The number of ether oxygens (including phenoxy) is 2. The Kier molecular flexibility index (Phi) is 20.6. The van der Waals surface area contributed by atoms with Crippen LogP contribution in [0.15, 0.2) is 69.8 Å². The molecule has 2 aromatic carbocycles. The number of unbranched alkanes of at least 4 members (excludes halogenated alkanes) is 4. The van der Waals surface area contributed by atoms with E-state index in [2.05, 4.69) is 47.8 Å². The fourth-order valence-electron chi connectivity index (χ4n) is 11.1. The van der Waals surface area contributed by atoms with E-state index < -0.39 is 0 Å². The molecule has 10 rings (SSSR count). The van der Waals surface area contributed by atoms with Crippen molar-refractivity contribution in [3.63, 3.8) is 0 Å². The van der Waals surface area contributed by atoms with E-state index in [1.807, 2.05) is 76.2 Å². The molecule has 2 saturated heterocycles. The molecule has 2 aliphatic heterocycles. The Balaban J connectivity index is 0.000000243. The average Bonchev–Trinajstić information content (AvgIpc) is 4.37. The largest absolute Gasteiger partial charge is 0.496 e. The zero-order valence-corrected chi connectivity index (χ0v) is 44.8. The highest BCUT2D eigenvalue weighted by molar-refractivity contribution is 5.89. The number of carbonyl (C=O) groups is 4. The van der Waals surface area contributed by atoms with Crippen molar-refractivity contribution in [1.29, 1.82) is 0 Å². The summed E-state index contributed by atoms with van der Waals surface area (Å²) in [6, 6.07) is 15.2. The molecule has 6 aromatic rings. The van der Waals surface area contributed by atoms with Crippen molar-refractivity contribution < 1.29 is 37.5 Å². The average molecular weight is 1070 g/mol. The van der Waals surface area contributed by atoms with Crippen LogP contribution in [0.2, 0.25) is 0 Å².